The molecule has 3 unspecified atom stereocenters. The van der Waals surface area contributed by atoms with Gasteiger partial charge in [0.15, 0.2) is 0 Å². The lowest BCUT2D eigenvalue weighted by Crippen LogP contribution is -2.40. The number of hydrogen-bond acceptors (Lipinski definition) is 2. The van der Waals surface area contributed by atoms with Crippen LogP contribution in [0.3, 0.4) is 0 Å². The van der Waals surface area contributed by atoms with E-state index in [0.717, 1.165) is 19.5 Å². The summed E-state index contributed by atoms with van der Waals surface area (Å²) in [6.07, 6.45) is 1.14. The maximum absolute atomic E-state index is 11.8. The van der Waals surface area contributed by atoms with Crippen molar-refractivity contribution in [2.75, 3.05) is 13.1 Å². The van der Waals surface area contributed by atoms with E-state index in [9.17, 15) is 4.79 Å². The van der Waals surface area contributed by atoms with Gasteiger partial charge < -0.3 is 10.6 Å². The first kappa shape index (κ1) is 10.5. The monoisotopic (exact) mass is 184 g/mol. The number of nitrogens with zero attached hydrogens (tertiary/aromatic N) is 1. The Morgan fingerprint density at radius 1 is 1.54 bits per heavy atom. The van der Waals surface area contributed by atoms with Crippen LogP contribution in [0.25, 0.3) is 0 Å². The minimum absolute atomic E-state index is 0.0368. The third kappa shape index (κ3) is 2.44. The van der Waals surface area contributed by atoms with Crippen LogP contribution >= 0.6 is 0 Å². The predicted octanol–water partition coefficient (Wildman–Crippen LogP) is 0.838. The summed E-state index contributed by atoms with van der Waals surface area (Å²) in [7, 11) is 0. The summed E-state index contributed by atoms with van der Waals surface area (Å²) in [6, 6.07) is -0.0385. The van der Waals surface area contributed by atoms with Gasteiger partial charge in [-0.3, -0.25) is 4.79 Å². The van der Waals surface area contributed by atoms with Crippen LogP contribution in [0.2, 0.25) is 0 Å². The van der Waals surface area contributed by atoms with E-state index in [4.69, 9.17) is 5.73 Å². The molecule has 0 aromatic carbocycles. The van der Waals surface area contributed by atoms with Gasteiger partial charge in [0.1, 0.15) is 0 Å². The standard InChI is InChI=1S/C10H20N2O/c1-7-4-5-12(6-7)10(13)8(2)9(3)11/h7-9H,4-6,11H2,1-3H3. The van der Waals surface area contributed by atoms with Crippen molar-refractivity contribution in [1.82, 2.24) is 4.90 Å². The zero-order valence-electron chi connectivity index (χ0n) is 8.79. The molecule has 1 amide bonds. The van der Waals surface area contributed by atoms with Crippen molar-refractivity contribution in [1.29, 1.82) is 0 Å². The van der Waals surface area contributed by atoms with E-state index in [1.165, 1.54) is 0 Å². The molecule has 1 saturated heterocycles. The molecular formula is C10H20N2O. The van der Waals surface area contributed by atoms with Gasteiger partial charge in [0.2, 0.25) is 5.91 Å². The molecule has 3 atom stereocenters. The first-order chi connectivity index (χ1) is 6.02. The van der Waals surface area contributed by atoms with Gasteiger partial charge in [0.05, 0.1) is 5.92 Å². The van der Waals surface area contributed by atoms with E-state index in [1.54, 1.807) is 0 Å². The molecule has 3 heteroatoms. The molecule has 76 valence electrons. The molecule has 1 aliphatic rings. The summed E-state index contributed by atoms with van der Waals surface area (Å²) in [4.78, 5) is 13.7. The maximum Gasteiger partial charge on any atom is 0.226 e. The number of hydrogen-bond donors (Lipinski definition) is 1. The fourth-order valence-corrected chi connectivity index (χ4v) is 1.65. The molecule has 0 radical (unpaired) electrons. The molecule has 13 heavy (non-hydrogen) atoms. The van der Waals surface area contributed by atoms with E-state index in [0.29, 0.717) is 5.92 Å². The molecule has 0 aliphatic carbocycles. The van der Waals surface area contributed by atoms with Crippen molar-refractivity contribution in [2.24, 2.45) is 17.6 Å². The third-order valence-corrected chi connectivity index (χ3v) is 2.91. The van der Waals surface area contributed by atoms with E-state index >= 15 is 0 Å². The third-order valence-electron chi connectivity index (χ3n) is 2.91. The summed E-state index contributed by atoms with van der Waals surface area (Å²) in [5.74, 6) is 0.842. The molecule has 1 heterocycles. The highest BCUT2D eigenvalue weighted by Crippen LogP contribution is 2.18. The first-order valence-electron chi connectivity index (χ1n) is 5.06. The van der Waals surface area contributed by atoms with E-state index in [2.05, 4.69) is 6.92 Å². The molecule has 2 N–H and O–H groups in total. The van der Waals surface area contributed by atoms with E-state index in [-0.39, 0.29) is 17.9 Å². The van der Waals surface area contributed by atoms with Crippen LogP contribution in [0, 0.1) is 11.8 Å². The van der Waals surface area contributed by atoms with Crippen molar-refractivity contribution in [3.8, 4) is 0 Å². The number of nitrogens with two attached hydrogens (primary N) is 1. The highest BCUT2D eigenvalue weighted by atomic mass is 16.2. The fourth-order valence-electron chi connectivity index (χ4n) is 1.65. The average Bonchev–Trinajstić information content (AvgIpc) is 2.49. The Bertz CT molecular complexity index is 191. The lowest BCUT2D eigenvalue weighted by molar-refractivity contribution is -0.134. The highest BCUT2D eigenvalue weighted by Gasteiger charge is 2.28. The normalized spacial score (nSPS) is 27.4. The zero-order chi connectivity index (χ0) is 10.0. The number of carbonyl (C=O) groups is 1. The second kappa shape index (κ2) is 4.09. The Balaban J connectivity index is 2.48. The van der Waals surface area contributed by atoms with Gasteiger partial charge in [0.25, 0.3) is 0 Å². The molecule has 0 saturated carbocycles. The molecule has 0 aromatic rings. The Morgan fingerprint density at radius 3 is 2.54 bits per heavy atom. The Labute approximate surface area is 80.3 Å². The van der Waals surface area contributed by atoms with Gasteiger partial charge in [-0.1, -0.05) is 13.8 Å². The lowest BCUT2D eigenvalue weighted by atomic mass is 10.0. The zero-order valence-corrected chi connectivity index (χ0v) is 8.79. The lowest BCUT2D eigenvalue weighted by Gasteiger charge is -2.22. The molecule has 0 bridgehead atoms. The van der Waals surface area contributed by atoms with Crippen LogP contribution in [0.5, 0.6) is 0 Å². The summed E-state index contributed by atoms with van der Waals surface area (Å²) in [5.41, 5.74) is 5.69. The molecular weight excluding hydrogens is 164 g/mol. The van der Waals surface area contributed by atoms with Gasteiger partial charge in [-0.2, -0.15) is 0 Å². The predicted molar refractivity (Wildman–Crippen MR) is 53.2 cm³/mol. The second-order valence-electron chi connectivity index (χ2n) is 4.33. The van der Waals surface area contributed by atoms with Gasteiger partial charge in [-0.05, 0) is 19.3 Å². The topological polar surface area (TPSA) is 46.3 Å². The smallest absolute Gasteiger partial charge is 0.226 e. The van der Waals surface area contributed by atoms with Crippen LogP contribution in [-0.2, 0) is 4.79 Å². The molecule has 1 rings (SSSR count). The fraction of sp³-hybridized carbons (Fsp3) is 0.900. The maximum atomic E-state index is 11.8. The van der Waals surface area contributed by atoms with Gasteiger partial charge in [0, 0.05) is 19.1 Å². The van der Waals surface area contributed by atoms with Gasteiger partial charge in [-0.15, -0.1) is 0 Å². The van der Waals surface area contributed by atoms with Gasteiger partial charge in [-0.25, -0.2) is 0 Å². The summed E-state index contributed by atoms with van der Waals surface area (Å²) < 4.78 is 0. The minimum Gasteiger partial charge on any atom is -0.342 e. The van der Waals surface area contributed by atoms with Crippen molar-refractivity contribution >= 4 is 5.91 Å². The van der Waals surface area contributed by atoms with Crippen LogP contribution in [0.15, 0.2) is 0 Å². The SMILES string of the molecule is CC1CCN(C(=O)C(C)C(C)N)C1. The first-order valence-corrected chi connectivity index (χ1v) is 5.06. The molecule has 0 spiro atoms. The van der Waals surface area contributed by atoms with E-state index in [1.807, 2.05) is 18.7 Å². The number of carbonyl (C=O) groups excluding carboxylic acids is 1. The largest absolute Gasteiger partial charge is 0.342 e. The number of rotatable bonds is 2. The van der Waals surface area contributed by atoms with Crippen molar-refractivity contribution in [3.63, 3.8) is 0 Å². The molecule has 1 fully saturated rings. The molecule has 1 aliphatic heterocycles. The number of likely N-dealkylation sites (tertiary alicyclic amines) is 1. The van der Waals surface area contributed by atoms with Crippen molar-refractivity contribution in [3.05, 3.63) is 0 Å². The second-order valence-corrected chi connectivity index (χ2v) is 4.33. The highest BCUT2D eigenvalue weighted by molar-refractivity contribution is 5.79. The summed E-state index contributed by atoms with van der Waals surface area (Å²) >= 11 is 0. The van der Waals surface area contributed by atoms with E-state index < -0.39 is 0 Å². The Morgan fingerprint density at radius 2 is 2.15 bits per heavy atom. The Kier molecular flexibility index (Phi) is 3.31. The van der Waals surface area contributed by atoms with Gasteiger partial charge >= 0.3 is 0 Å². The van der Waals surface area contributed by atoms with Crippen LogP contribution < -0.4 is 5.73 Å². The summed E-state index contributed by atoms with van der Waals surface area (Å²) in [6.45, 7) is 7.81. The van der Waals surface area contributed by atoms with Crippen LogP contribution in [-0.4, -0.2) is 29.9 Å². The summed E-state index contributed by atoms with van der Waals surface area (Å²) in [5, 5.41) is 0. The van der Waals surface area contributed by atoms with Crippen LogP contribution in [0.1, 0.15) is 27.2 Å². The average molecular weight is 184 g/mol. The molecule has 3 nitrogen and oxygen atoms in total. The van der Waals surface area contributed by atoms with Crippen molar-refractivity contribution < 1.29 is 4.79 Å². The quantitative estimate of drug-likeness (QED) is 0.691. The number of amides is 1. The molecule has 0 aromatic heterocycles. The minimum atomic E-state index is -0.0385. The van der Waals surface area contributed by atoms with Crippen LogP contribution in [0.4, 0.5) is 0 Å². The van der Waals surface area contributed by atoms with Crippen molar-refractivity contribution in [2.45, 2.75) is 33.2 Å². The Hall–Kier alpha value is -0.570.